The molecule has 0 bridgehead atoms. The fourth-order valence-electron chi connectivity index (χ4n) is 2.39. The highest BCUT2D eigenvalue weighted by Gasteiger charge is 2.24. The zero-order valence-electron chi connectivity index (χ0n) is 12.9. The van der Waals surface area contributed by atoms with Gasteiger partial charge < -0.3 is 10.1 Å². The second-order valence-corrected chi connectivity index (χ2v) is 7.13. The summed E-state index contributed by atoms with van der Waals surface area (Å²) in [5.74, 6) is 1.95. The molecule has 23 heavy (non-hydrogen) atoms. The van der Waals surface area contributed by atoms with Crippen LogP contribution in [0.3, 0.4) is 0 Å². The van der Waals surface area contributed by atoms with Gasteiger partial charge in [0.1, 0.15) is 0 Å². The van der Waals surface area contributed by atoms with Gasteiger partial charge in [0.15, 0.2) is 0 Å². The Hall–Kier alpha value is -1.88. The van der Waals surface area contributed by atoms with E-state index in [1.165, 1.54) is 24.3 Å². The summed E-state index contributed by atoms with van der Waals surface area (Å²) in [5, 5.41) is 2.88. The van der Waals surface area contributed by atoms with E-state index in [9.17, 15) is 13.2 Å². The lowest BCUT2D eigenvalue weighted by Gasteiger charge is -2.20. The van der Waals surface area contributed by atoms with Crippen molar-refractivity contribution in [2.45, 2.75) is 36.8 Å². The molecule has 2 atom stereocenters. The minimum atomic E-state index is -3.65. The Balaban J connectivity index is 2.01. The highest BCUT2D eigenvalue weighted by atomic mass is 32.2. The number of benzene rings is 1. The molecular weight excluding hydrogens is 316 g/mol. The van der Waals surface area contributed by atoms with E-state index in [2.05, 4.69) is 16.0 Å². The van der Waals surface area contributed by atoms with Crippen molar-refractivity contribution in [2.24, 2.45) is 0 Å². The third-order valence-electron chi connectivity index (χ3n) is 3.67. The van der Waals surface area contributed by atoms with E-state index in [0.29, 0.717) is 5.56 Å². The molecule has 1 aliphatic heterocycles. The number of rotatable bonds is 6. The van der Waals surface area contributed by atoms with Crippen LogP contribution >= 0.6 is 0 Å². The zero-order valence-corrected chi connectivity index (χ0v) is 13.7. The Morgan fingerprint density at radius 3 is 2.70 bits per heavy atom. The maximum absolute atomic E-state index is 12.2. The maximum atomic E-state index is 12.2. The van der Waals surface area contributed by atoms with Gasteiger partial charge >= 0.3 is 0 Å². The summed E-state index contributed by atoms with van der Waals surface area (Å²) < 4.78 is 31.6. The largest absolute Gasteiger partial charge is 0.376 e. The molecule has 1 aromatic rings. The van der Waals surface area contributed by atoms with Crippen molar-refractivity contribution in [1.82, 2.24) is 10.0 Å². The third kappa shape index (κ3) is 4.55. The van der Waals surface area contributed by atoms with Gasteiger partial charge in [0.2, 0.25) is 10.0 Å². The van der Waals surface area contributed by atoms with Crippen molar-refractivity contribution in [2.75, 3.05) is 13.2 Å². The molecule has 1 heterocycles. The Kier molecular flexibility index (Phi) is 5.77. The van der Waals surface area contributed by atoms with Crippen molar-refractivity contribution in [3.8, 4) is 12.3 Å². The summed E-state index contributed by atoms with van der Waals surface area (Å²) in [7, 11) is -3.65. The molecule has 1 saturated heterocycles. The van der Waals surface area contributed by atoms with Crippen LogP contribution in [0.1, 0.15) is 30.1 Å². The Bertz CT molecular complexity index is 686. The van der Waals surface area contributed by atoms with Crippen LogP contribution in [0.4, 0.5) is 0 Å². The van der Waals surface area contributed by atoms with Crippen molar-refractivity contribution in [1.29, 1.82) is 0 Å². The lowest BCUT2D eigenvalue weighted by atomic mass is 10.1. The molecule has 6 nitrogen and oxygen atoms in total. The van der Waals surface area contributed by atoms with E-state index in [4.69, 9.17) is 11.2 Å². The van der Waals surface area contributed by atoms with Gasteiger partial charge in [0.05, 0.1) is 23.6 Å². The van der Waals surface area contributed by atoms with Crippen LogP contribution in [-0.4, -0.2) is 39.6 Å². The van der Waals surface area contributed by atoms with Gasteiger partial charge in [-0.1, -0.05) is 5.92 Å². The standard InChI is InChI=1S/C16H20N2O4S/c1-3-10-17-23(20,21)14-8-6-13(7-9-14)16(19)18-12(2)15-5-4-11-22-15/h1,6-9,12,15,17H,4-5,10-11H2,2H3,(H,18,19)/t12-,15-/m0/s1. The molecule has 124 valence electrons. The topological polar surface area (TPSA) is 84.5 Å². The van der Waals surface area contributed by atoms with Crippen molar-refractivity contribution in [3.05, 3.63) is 29.8 Å². The molecule has 0 aromatic heterocycles. The average Bonchev–Trinajstić information content (AvgIpc) is 3.07. The van der Waals surface area contributed by atoms with E-state index < -0.39 is 10.0 Å². The molecule has 0 saturated carbocycles. The summed E-state index contributed by atoms with van der Waals surface area (Å²) >= 11 is 0. The summed E-state index contributed by atoms with van der Waals surface area (Å²) in [5.41, 5.74) is 0.394. The second-order valence-electron chi connectivity index (χ2n) is 5.37. The smallest absolute Gasteiger partial charge is 0.251 e. The van der Waals surface area contributed by atoms with Gasteiger partial charge in [-0.25, -0.2) is 8.42 Å². The number of ether oxygens (including phenoxy) is 1. The van der Waals surface area contributed by atoms with Gasteiger partial charge in [-0.3, -0.25) is 4.79 Å². The van der Waals surface area contributed by atoms with Crippen LogP contribution < -0.4 is 10.0 Å². The quantitative estimate of drug-likeness (QED) is 0.756. The van der Waals surface area contributed by atoms with Gasteiger partial charge in [-0.05, 0) is 44.0 Å². The SMILES string of the molecule is C#CCNS(=O)(=O)c1ccc(C(=O)N[C@@H](C)[C@@H]2CCCO2)cc1. The fourth-order valence-corrected chi connectivity index (χ4v) is 3.32. The summed E-state index contributed by atoms with van der Waals surface area (Å²) in [6, 6.07) is 5.62. The minimum Gasteiger partial charge on any atom is -0.376 e. The first kappa shape index (κ1) is 17.5. The van der Waals surface area contributed by atoms with Crippen LogP contribution in [0.25, 0.3) is 0 Å². The number of carbonyl (C=O) groups excluding carboxylic acids is 1. The summed E-state index contributed by atoms with van der Waals surface area (Å²) in [6.45, 7) is 2.54. The van der Waals surface area contributed by atoms with Gasteiger partial charge in [0, 0.05) is 12.2 Å². The number of sulfonamides is 1. The van der Waals surface area contributed by atoms with Crippen LogP contribution in [0.5, 0.6) is 0 Å². The first-order chi connectivity index (χ1) is 10.9. The Morgan fingerprint density at radius 2 is 2.13 bits per heavy atom. The number of carbonyl (C=O) groups is 1. The number of terminal acetylenes is 1. The normalized spacial score (nSPS) is 19.0. The summed E-state index contributed by atoms with van der Waals surface area (Å²) in [6.07, 6.45) is 7.00. The zero-order chi connectivity index (χ0) is 16.9. The van der Waals surface area contributed by atoms with Gasteiger partial charge in [0.25, 0.3) is 5.91 Å². The third-order valence-corrected chi connectivity index (χ3v) is 5.09. The molecule has 0 aliphatic carbocycles. The number of hydrogen-bond donors (Lipinski definition) is 2. The lowest BCUT2D eigenvalue weighted by molar-refractivity contribution is 0.0712. The number of amides is 1. The molecule has 1 aliphatic rings. The van der Waals surface area contributed by atoms with E-state index in [0.717, 1.165) is 19.4 Å². The van der Waals surface area contributed by atoms with Crippen molar-refractivity contribution >= 4 is 15.9 Å². The highest BCUT2D eigenvalue weighted by molar-refractivity contribution is 7.89. The maximum Gasteiger partial charge on any atom is 0.251 e. The minimum absolute atomic E-state index is 0.0339. The van der Waals surface area contributed by atoms with Crippen LogP contribution in [-0.2, 0) is 14.8 Å². The molecule has 1 amide bonds. The Labute approximate surface area is 136 Å². The summed E-state index contributed by atoms with van der Waals surface area (Å²) in [4.78, 5) is 12.3. The van der Waals surface area contributed by atoms with Crippen LogP contribution in [0, 0.1) is 12.3 Å². The molecule has 7 heteroatoms. The van der Waals surface area contributed by atoms with Gasteiger partial charge in [-0.15, -0.1) is 6.42 Å². The van der Waals surface area contributed by atoms with Crippen molar-refractivity contribution < 1.29 is 17.9 Å². The Morgan fingerprint density at radius 1 is 1.43 bits per heavy atom. The molecule has 0 radical (unpaired) electrons. The van der Waals surface area contributed by atoms with Crippen LogP contribution in [0.15, 0.2) is 29.2 Å². The van der Waals surface area contributed by atoms with E-state index >= 15 is 0 Å². The first-order valence-electron chi connectivity index (χ1n) is 7.39. The van der Waals surface area contributed by atoms with E-state index in [1.807, 2.05) is 6.92 Å². The molecule has 2 rings (SSSR count). The number of nitrogens with one attached hydrogen (secondary N) is 2. The van der Waals surface area contributed by atoms with Crippen LogP contribution in [0.2, 0.25) is 0 Å². The molecule has 0 unspecified atom stereocenters. The number of hydrogen-bond acceptors (Lipinski definition) is 4. The van der Waals surface area contributed by atoms with Gasteiger partial charge in [-0.2, -0.15) is 4.72 Å². The second kappa shape index (κ2) is 7.59. The monoisotopic (exact) mass is 336 g/mol. The predicted octanol–water partition coefficient (Wildman–Crippen LogP) is 0.895. The fraction of sp³-hybridized carbons (Fsp3) is 0.438. The van der Waals surface area contributed by atoms with E-state index in [-0.39, 0.29) is 29.5 Å². The molecule has 1 fully saturated rings. The highest BCUT2D eigenvalue weighted by Crippen LogP contribution is 2.16. The van der Waals surface area contributed by atoms with E-state index in [1.54, 1.807) is 0 Å². The average molecular weight is 336 g/mol. The van der Waals surface area contributed by atoms with Crippen molar-refractivity contribution in [3.63, 3.8) is 0 Å². The lowest BCUT2D eigenvalue weighted by Crippen LogP contribution is -2.40. The molecule has 0 spiro atoms. The molecular formula is C16H20N2O4S. The molecule has 1 aromatic carbocycles. The first-order valence-corrected chi connectivity index (χ1v) is 8.88. The molecule has 2 N–H and O–H groups in total. The predicted molar refractivity (Wildman–Crippen MR) is 86.4 cm³/mol.